The van der Waals surface area contributed by atoms with Crippen molar-refractivity contribution in [3.8, 4) is 11.3 Å². The van der Waals surface area contributed by atoms with Crippen LogP contribution in [-0.2, 0) is 6.54 Å². The maximum Gasteiger partial charge on any atom is 0.264 e. The molecular weight excluding hydrogens is 202 g/mol. The van der Waals surface area contributed by atoms with Gasteiger partial charge in [0.25, 0.3) is 5.56 Å². The molecule has 1 aromatic carbocycles. The van der Waals surface area contributed by atoms with Gasteiger partial charge in [-0.05, 0) is 18.1 Å². The molecule has 0 amide bonds. The van der Waals surface area contributed by atoms with Crippen LogP contribution < -0.4 is 11.3 Å². The molecule has 0 aliphatic rings. The van der Waals surface area contributed by atoms with Gasteiger partial charge in [-0.3, -0.25) is 4.79 Å². The fourth-order valence-electron chi connectivity index (χ4n) is 1.67. The van der Waals surface area contributed by atoms with Crippen molar-refractivity contribution >= 4 is 0 Å². The molecule has 4 nitrogen and oxygen atoms in total. The predicted molar refractivity (Wildman–Crippen MR) is 62.9 cm³/mol. The normalized spacial score (nSPS) is 10.4. The van der Waals surface area contributed by atoms with Crippen molar-refractivity contribution in [2.75, 3.05) is 0 Å². The van der Waals surface area contributed by atoms with Crippen molar-refractivity contribution in [2.45, 2.75) is 13.5 Å². The average Bonchev–Trinajstić information content (AvgIpc) is 2.30. The maximum atomic E-state index is 11.1. The molecule has 1 heterocycles. The van der Waals surface area contributed by atoms with Crippen LogP contribution in [0.1, 0.15) is 11.1 Å². The number of aryl methyl sites for hydroxylation is 1. The monoisotopic (exact) mass is 215 g/mol. The first-order chi connectivity index (χ1) is 7.72. The number of H-pyrrole nitrogens is 1. The van der Waals surface area contributed by atoms with Gasteiger partial charge in [0.15, 0.2) is 0 Å². The minimum Gasteiger partial charge on any atom is -0.326 e. The first kappa shape index (κ1) is 10.6. The Morgan fingerprint density at radius 2 is 2.12 bits per heavy atom. The number of nitrogens with zero attached hydrogens (tertiary/aromatic N) is 1. The largest absolute Gasteiger partial charge is 0.326 e. The lowest BCUT2D eigenvalue weighted by atomic mass is 10.0. The Hall–Kier alpha value is -1.94. The zero-order valence-electron chi connectivity index (χ0n) is 9.03. The van der Waals surface area contributed by atoms with Gasteiger partial charge in [-0.25, -0.2) is 5.10 Å². The molecule has 2 aromatic rings. The van der Waals surface area contributed by atoms with Crippen LogP contribution in [0.2, 0.25) is 0 Å². The minimum atomic E-state index is -0.224. The van der Waals surface area contributed by atoms with E-state index in [1.54, 1.807) is 0 Å². The number of nitrogens with one attached hydrogen (secondary N) is 1. The Morgan fingerprint density at radius 1 is 1.38 bits per heavy atom. The standard InChI is InChI=1S/C12H13N3O/c1-8-4-2-3-5-10(8)12-9(7-13)6-11(16)14-15-12/h2-6H,7,13H2,1H3,(H,14,16). The van der Waals surface area contributed by atoms with Crippen LogP contribution >= 0.6 is 0 Å². The molecule has 0 fully saturated rings. The third-order valence-electron chi connectivity index (χ3n) is 2.51. The summed E-state index contributed by atoms with van der Waals surface area (Å²) in [6.07, 6.45) is 0. The van der Waals surface area contributed by atoms with Crippen LogP contribution in [0.3, 0.4) is 0 Å². The van der Waals surface area contributed by atoms with Crippen LogP contribution in [0.15, 0.2) is 35.1 Å². The number of benzene rings is 1. The zero-order chi connectivity index (χ0) is 11.5. The van der Waals surface area contributed by atoms with Gasteiger partial charge in [0.2, 0.25) is 0 Å². The maximum absolute atomic E-state index is 11.1. The fraction of sp³-hybridized carbons (Fsp3) is 0.167. The molecule has 0 unspecified atom stereocenters. The fourth-order valence-corrected chi connectivity index (χ4v) is 1.67. The second-order valence-corrected chi connectivity index (χ2v) is 3.63. The van der Waals surface area contributed by atoms with E-state index in [0.717, 1.165) is 22.4 Å². The molecule has 0 spiro atoms. The van der Waals surface area contributed by atoms with Crippen molar-refractivity contribution in [3.63, 3.8) is 0 Å². The number of aromatic amines is 1. The number of hydrogen-bond acceptors (Lipinski definition) is 3. The molecule has 82 valence electrons. The summed E-state index contributed by atoms with van der Waals surface area (Å²) >= 11 is 0. The lowest BCUT2D eigenvalue weighted by Gasteiger charge is -2.08. The van der Waals surface area contributed by atoms with Crippen molar-refractivity contribution in [1.82, 2.24) is 10.2 Å². The third kappa shape index (κ3) is 1.87. The van der Waals surface area contributed by atoms with E-state index in [2.05, 4.69) is 10.2 Å². The molecule has 16 heavy (non-hydrogen) atoms. The lowest BCUT2D eigenvalue weighted by Crippen LogP contribution is -2.12. The molecule has 0 bridgehead atoms. The van der Waals surface area contributed by atoms with Gasteiger partial charge in [0.1, 0.15) is 0 Å². The van der Waals surface area contributed by atoms with Crippen molar-refractivity contribution in [2.24, 2.45) is 5.73 Å². The summed E-state index contributed by atoms with van der Waals surface area (Å²) in [4.78, 5) is 11.1. The topological polar surface area (TPSA) is 71.8 Å². The summed E-state index contributed by atoms with van der Waals surface area (Å²) in [6, 6.07) is 9.37. The van der Waals surface area contributed by atoms with E-state index in [0.29, 0.717) is 6.54 Å². The molecule has 3 N–H and O–H groups in total. The van der Waals surface area contributed by atoms with Gasteiger partial charge in [-0.15, -0.1) is 0 Å². The molecule has 0 aliphatic carbocycles. The van der Waals surface area contributed by atoms with Crippen LogP contribution in [-0.4, -0.2) is 10.2 Å². The predicted octanol–water partition coefficient (Wildman–Crippen LogP) is 1.20. The zero-order valence-corrected chi connectivity index (χ0v) is 9.03. The van der Waals surface area contributed by atoms with Crippen molar-refractivity contribution in [3.05, 3.63) is 51.8 Å². The molecule has 1 aromatic heterocycles. The summed E-state index contributed by atoms with van der Waals surface area (Å²) in [6.45, 7) is 2.31. The Morgan fingerprint density at radius 3 is 2.81 bits per heavy atom. The van der Waals surface area contributed by atoms with E-state index in [-0.39, 0.29) is 5.56 Å². The second-order valence-electron chi connectivity index (χ2n) is 3.63. The molecule has 0 atom stereocenters. The minimum absolute atomic E-state index is 0.224. The summed E-state index contributed by atoms with van der Waals surface area (Å²) < 4.78 is 0. The van der Waals surface area contributed by atoms with Crippen LogP contribution in [0.4, 0.5) is 0 Å². The summed E-state index contributed by atoms with van der Waals surface area (Å²) in [5, 5.41) is 6.50. The lowest BCUT2D eigenvalue weighted by molar-refractivity contribution is 0.943. The Labute approximate surface area is 93.1 Å². The Balaban J connectivity index is 2.65. The van der Waals surface area contributed by atoms with Gasteiger partial charge in [-0.1, -0.05) is 24.3 Å². The highest BCUT2D eigenvalue weighted by molar-refractivity contribution is 5.65. The third-order valence-corrected chi connectivity index (χ3v) is 2.51. The quantitative estimate of drug-likeness (QED) is 0.790. The number of rotatable bonds is 2. The van der Waals surface area contributed by atoms with Crippen LogP contribution in [0, 0.1) is 6.92 Å². The Bertz CT molecular complexity index is 560. The summed E-state index contributed by atoms with van der Waals surface area (Å²) in [5.74, 6) is 0. The Kier molecular flexibility index (Phi) is 2.83. The van der Waals surface area contributed by atoms with Crippen LogP contribution in [0.5, 0.6) is 0 Å². The second kappa shape index (κ2) is 4.28. The van der Waals surface area contributed by atoms with Gasteiger partial charge in [-0.2, -0.15) is 5.10 Å². The van der Waals surface area contributed by atoms with Gasteiger partial charge >= 0.3 is 0 Å². The molecule has 0 radical (unpaired) electrons. The smallest absolute Gasteiger partial charge is 0.264 e. The molecular formula is C12H13N3O. The van der Waals surface area contributed by atoms with Gasteiger partial charge in [0, 0.05) is 18.2 Å². The first-order valence-electron chi connectivity index (χ1n) is 5.07. The summed E-state index contributed by atoms with van der Waals surface area (Å²) in [7, 11) is 0. The first-order valence-corrected chi connectivity index (χ1v) is 5.07. The van der Waals surface area contributed by atoms with Gasteiger partial charge < -0.3 is 5.73 Å². The highest BCUT2D eigenvalue weighted by Gasteiger charge is 2.08. The van der Waals surface area contributed by atoms with Gasteiger partial charge in [0.05, 0.1) is 5.69 Å². The van der Waals surface area contributed by atoms with Crippen molar-refractivity contribution in [1.29, 1.82) is 0 Å². The highest BCUT2D eigenvalue weighted by Crippen LogP contribution is 2.22. The molecule has 0 aliphatic heterocycles. The molecule has 0 saturated carbocycles. The average molecular weight is 215 g/mol. The molecule has 2 rings (SSSR count). The van der Waals surface area contributed by atoms with E-state index in [4.69, 9.17) is 5.73 Å². The van der Waals surface area contributed by atoms with E-state index in [9.17, 15) is 4.79 Å². The molecule has 0 saturated heterocycles. The highest BCUT2D eigenvalue weighted by atomic mass is 16.1. The molecule has 4 heteroatoms. The summed E-state index contributed by atoms with van der Waals surface area (Å²) in [5.41, 5.74) is 9.01. The van der Waals surface area contributed by atoms with Crippen LogP contribution in [0.25, 0.3) is 11.3 Å². The number of hydrogen-bond donors (Lipinski definition) is 2. The van der Waals surface area contributed by atoms with E-state index in [1.807, 2.05) is 31.2 Å². The van der Waals surface area contributed by atoms with Crippen molar-refractivity contribution < 1.29 is 0 Å². The van der Waals surface area contributed by atoms with E-state index >= 15 is 0 Å². The van der Waals surface area contributed by atoms with E-state index in [1.165, 1.54) is 6.07 Å². The SMILES string of the molecule is Cc1ccccc1-c1n[nH]c(=O)cc1CN. The van der Waals surface area contributed by atoms with E-state index < -0.39 is 0 Å². The number of aromatic nitrogens is 2. The number of nitrogens with two attached hydrogens (primary N) is 1.